The van der Waals surface area contributed by atoms with Crippen LogP contribution in [0.1, 0.15) is 107 Å². The highest BCUT2D eigenvalue weighted by Gasteiger charge is 2.47. The molecule has 0 amide bonds. The lowest BCUT2D eigenvalue weighted by Crippen LogP contribution is -2.50. The Morgan fingerprint density at radius 3 is 1.07 bits per heavy atom. The normalized spacial score (nSPS) is 11.9. The summed E-state index contributed by atoms with van der Waals surface area (Å²) in [5.74, 6) is 1.91. The first-order chi connectivity index (χ1) is 19.6. The minimum atomic E-state index is -1.88. The molecular formula is C35H61BrO4Si2. The summed E-state index contributed by atoms with van der Waals surface area (Å²) in [6.45, 7) is 33.1. The van der Waals surface area contributed by atoms with Crippen LogP contribution in [0, 0.1) is 0 Å². The lowest BCUT2D eigenvalue weighted by atomic mass is 10.2. The second-order valence-electron chi connectivity index (χ2n) is 12.8. The molecule has 7 heteroatoms. The third-order valence-electron chi connectivity index (χ3n) is 8.24. The maximum absolute atomic E-state index is 10.7. The fourth-order valence-electron chi connectivity index (χ4n) is 6.44. The quantitative estimate of drug-likeness (QED) is 0.156. The van der Waals surface area contributed by atoms with Crippen LogP contribution in [0.5, 0.6) is 11.5 Å². The molecule has 240 valence electrons. The molecule has 0 heterocycles. The van der Waals surface area contributed by atoms with Crippen LogP contribution in [0.4, 0.5) is 0 Å². The summed E-state index contributed by atoms with van der Waals surface area (Å²) >= 11 is 3.47. The third kappa shape index (κ3) is 11.6. The Balaban J connectivity index is 0.000000691. The molecule has 0 spiro atoms. The van der Waals surface area contributed by atoms with Gasteiger partial charge < -0.3 is 13.6 Å². The second kappa shape index (κ2) is 19.8. The molecule has 42 heavy (non-hydrogen) atoms. The predicted octanol–water partition coefficient (Wildman–Crippen LogP) is 12.1. The molecular weight excluding hydrogens is 620 g/mol. The van der Waals surface area contributed by atoms with Crippen molar-refractivity contribution < 1.29 is 18.4 Å². The highest BCUT2D eigenvalue weighted by atomic mass is 79.9. The molecule has 0 atom stereocenters. The van der Waals surface area contributed by atoms with E-state index in [9.17, 15) is 4.79 Å². The molecule has 0 bridgehead atoms. The van der Waals surface area contributed by atoms with Crippen LogP contribution < -0.4 is 8.85 Å². The van der Waals surface area contributed by atoms with Gasteiger partial charge in [0.15, 0.2) is 0 Å². The zero-order chi connectivity index (χ0) is 32.7. The Kier molecular flexibility index (Phi) is 19.1. The van der Waals surface area contributed by atoms with Crippen LogP contribution in [-0.2, 0) is 4.74 Å². The van der Waals surface area contributed by atoms with Crippen molar-refractivity contribution in [1.82, 2.24) is 0 Å². The Labute approximate surface area is 269 Å². The molecule has 0 fully saturated rings. The first-order valence-corrected chi connectivity index (χ1v) is 20.9. The van der Waals surface area contributed by atoms with E-state index in [0.717, 1.165) is 35.5 Å². The monoisotopic (exact) mass is 680 g/mol. The topological polar surface area (TPSA) is 44.8 Å². The van der Waals surface area contributed by atoms with Crippen LogP contribution in [0.3, 0.4) is 0 Å². The number of carbonyl (C=O) groups is 1. The standard InChI is InChI=1S/C16H26O2Si.C15H25BrOSi.C4H10O/c1-12(2)19(13(3)4,14(5)6)18-16-9-7-15(11-17)8-10-16;1-11(2)18(12(3)4,13(5)6)17-15-9-7-14(16)8-10-15;1-3-5-4-2/h7-14H,1-6H3;7-13H,1-6H3;3-4H2,1-2H3. The van der Waals surface area contributed by atoms with Crippen molar-refractivity contribution in [1.29, 1.82) is 0 Å². The molecule has 2 rings (SSSR count). The van der Waals surface area contributed by atoms with Gasteiger partial charge in [-0.15, -0.1) is 0 Å². The average molecular weight is 682 g/mol. The molecule has 0 N–H and O–H groups in total. The maximum Gasteiger partial charge on any atom is 0.258 e. The number of benzene rings is 2. The van der Waals surface area contributed by atoms with Crippen LogP contribution in [0.15, 0.2) is 53.0 Å². The van der Waals surface area contributed by atoms with Crippen LogP contribution in [0.2, 0.25) is 33.2 Å². The highest BCUT2D eigenvalue weighted by Crippen LogP contribution is 2.43. The van der Waals surface area contributed by atoms with Crippen molar-refractivity contribution in [2.75, 3.05) is 13.2 Å². The number of ether oxygens (including phenoxy) is 1. The number of halogens is 1. The zero-order valence-electron chi connectivity index (χ0n) is 29.1. The number of hydrogen-bond acceptors (Lipinski definition) is 4. The Hall–Kier alpha value is -1.42. The first kappa shape index (κ1) is 40.6. The molecule has 2 aromatic rings. The van der Waals surface area contributed by atoms with E-state index in [2.05, 4.69) is 123 Å². The maximum atomic E-state index is 10.7. The van der Waals surface area contributed by atoms with E-state index in [1.807, 2.05) is 38.1 Å². The molecule has 0 aliphatic heterocycles. The van der Waals surface area contributed by atoms with Gasteiger partial charge in [-0.3, -0.25) is 4.79 Å². The van der Waals surface area contributed by atoms with E-state index in [4.69, 9.17) is 13.6 Å². The lowest BCUT2D eigenvalue weighted by Gasteiger charge is -2.42. The number of carbonyl (C=O) groups excluding carboxylic acids is 1. The molecule has 2 aromatic carbocycles. The van der Waals surface area contributed by atoms with E-state index >= 15 is 0 Å². The molecule has 4 nitrogen and oxygen atoms in total. The van der Waals surface area contributed by atoms with Gasteiger partial charge >= 0.3 is 0 Å². The molecule has 0 aliphatic rings. The van der Waals surface area contributed by atoms with Gasteiger partial charge in [0.1, 0.15) is 17.8 Å². The minimum absolute atomic E-state index is 0.554. The van der Waals surface area contributed by atoms with Gasteiger partial charge in [0, 0.05) is 23.2 Å². The summed E-state index contributed by atoms with van der Waals surface area (Å²) in [4.78, 5) is 10.7. The van der Waals surface area contributed by atoms with Crippen LogP contribution >= 0.6 is 15.9 Å². The third-order valence-corrected chi connectivity index (χ3v) is 20.8. The minimum Gasteiger partial charge on any atom is -0.543 e. The van der Waals surface area contributed by atoms with Gasteiger partial charge in [-0.1, -0.05) is 99.0 Å². The fourth-order valence-corrected chi connectivity index (χ4v) is 17.2. The second-order valence-corrected chi connectivity index (χ2v) is 24.4. The summed E-state index contributed by atoms with van der Waals surface area (Å²) in [7, 11) is -3.69. The van der Waals surface area contributed by atoms with Crippen LogP contribution in [-0.4, -0.2) is 36.1 Å². The number of rotatable bonds is 13. The van der Waals surface area contributed by atoms with Crippen molar-refractivity contribution in [2.24, 2.45) is 0 Å². The van der Waals surface area contributed by atoms with Crippen molar-refractivity contribution in [3.05, 3.63) is 58.6 Å². The van der Waals surface area contributed by atoms with E-state index in [-0.39, 0.29) is 0 Å². The SMILES string of the molecule is CC(C)[Si](Oc1ccc(Br)cc1)(C(C)C)C(C)C.CC(C)[Si](Oc1ccc(C=O)cc1)(C(C)C)C(C)C.CCOCC. The number of hydrogen-bond donors (Lipinski definition) is 0. The van der Waals surface area contributed by atoms with E-state index < -0.39 is 16.6 Å². The van der Waals surface area contributed by atoms with Crippen LogP contribution in [0.25, 0.3) is 0 Å². The van der Waals surface area contributed by atoms with E-state index in [1.54, 1.807) is 0 Å². The summed E-state index contributed by atoms with van der Waals surface area (Å²) in [5, 5.41) is 0. The van der Waals surface area contributed by atoms with E-state index in [1.165, 1.54) is 0 Å². The first-order valence-electron chi connectivity index (χ1n) is 15.8. The Morgan fingerprint density at radius 1 is 0.571 bits per heavy atom. The number of aldehydes is 1. The highest BCUT2D eigenvalue weighted by molar-refractivity contribution is 9.10. The lowest BCUT2D eigenvalue weighted by molar-refractivity contribution is 0.112. The predicted molar refractivity (Wildman–Crippen MR) is 191 cm³/mol. The molecule has 0 saturated heterocycles. The average Bonchev–Trinajstić information content (AvgIpc) is 2.91. The van der Waals surface area contributed by atoms with E-state index in [0.29, 0.717) is 38.8 Å². The van der Waals surface area contributed by atoms with Gasteiger partial charge in [0.05, 0.1) is 0 Å². The summed E-state index contributed by atoms with van der Waals surface area (Å²) in [5.41, 5.74) is 4.19. The molecule has 0 aliphatic carbocycles. The molecule has 0 saturated carbocycles. The Morgan fingerprint density at radius 2 is 0.857 bits per heavy atom. The largest absolute Gasteiger partial charge is 0.543 e. The van der Waals surface area contributed by atoms with Crippen molar-refractivity contribution >= 4 is 38.9 Å². The van der Waals surface area contributed by atoms with Gasteiger partial charge in [0.25, 0.3) is 16.6 Å². The summed E-state index contributed by atoms with van der Waals surface area (Å²) < 4.78 is 19.0. The van der Waals surface area contributed by atoms with Gasteiger partial charge in [0.2, 0.25) is 0 Å². The Bertz CT molecular complexity index is 942. The van der Waals surface area contributed by atoms with Crippen molar-refractivity contribution in [3.8, 4) is 11.5 Å². The fraction of sp³-hybridized carbons (Fsp3) is 0.629. The zero-order valence-corrected chi connectivity index (χ0v) is 32.7. The van der Waals surface area contributed by atoms with Gasteiger partial charge in [-0.25, -0.2) is 0 Å². The van der Waals surface area contributed by atoms with Crippen molar-refractivity contribution in [2.45, 2.75) is 130 Å². The molecule has 0 unspecified atom stereocenters. The molecule has 0 radical (unpaired) electrons. The van der Waals surface area contributed by atoms with Gasteiger partial charge in [-0.05, 0) is 95.6 Å². The van der Waals surface area contributed by atoms with Gasteiger partial charge in [-0.2, -0.15) is 0 Å². The smallest absolute Gasteiger partial charge is 0.258 e. The molecule has 0 aromatic heterocycles. The van der Waals surface area contributed by atoms with Crippen molar-refractivity contribution in [3.63, 3.8) is 0 Å². The summed E-state index contributed by atoms with van der Waals surface area (Å²) in [6, 6.07) is 15.7. The summed E-state index contributed by atoms with van der Waals surface area (Å²) in [6.07, 6.45) is 0.863.